The van der Waals surface area contributed by atoms with Gasteiger partial charge in [0.05, 0.1) is 10.6 Å². The normalized spacial score (nSPS) is 11.4. The summed E-state index contributed by atoms with van der Waals surface area (Å²) in [6, 6.07) is 5.92. The van der Waals surface area contributed by atoms with Crippen molar-refractivity contribution in [1.82, 2.24) is 0 Å². The molecule has 1 aromatic rings. The van der Waals surface area contributed by atoms with Gasteiger partial charge in [0, 0.05) is 5.46 Å². The highest BCUT2D eigenvalue weighted by Crippen LogP contribution is 2.09. The predicted octanol–water partition coefficient (Wildman–Crippen LogP) is -0.450. The van der Waals surface area contributed by atoms with E-state index in [1.54, 1.807) is 19.1 Å². The van der Waals surface area contributed by atoms with Crippen molar-refractivity contribution in [3.05, 3.63) is 24.3 Å². The van der Waals surface area contributed by atoms with Crippen LogP contribution in [-0.4, -0.2) is 31.3 Å². The second-order valence-corrected chi connectivity index (χ2v) is 5.31. The topological polar surface area (TPSA) is 74.6 Å². The van der Waals surface area contributed by atoms with Crippen LogP contribution in [0.25, 0.3) is 0 Å². The third-order valence-electron chi connectivity index (χ3n) is 2.01. The first-order valence-electron chi connectivity index (χ1n) is 4.67. The molecule has 6 heteroatoms. The minimum absolute atomic E-state index is 0.00171. The molecule has 0 amide bonds. The average Bonchev–Trinajstić information content (AvgIpc) is 2.17. The summed E-state index contributed by atoms with van der Waals surface area (Å²) in [7, 11) is -5.16. The van der Waals surface area contributed by atoms with Gasteiger partial charge in [0.1, 0.15) is 0 Å². The van der Waals surface area contributed by atoms with Crippen LogP contribution in [0.15, 0.2) is 29.2 Å². The second-order valence-electron chi connectivity index (χ2n) is 3.23. The van der Waals surface area contributed by atoms with Gasteiger partial charge in [-0.05, 0) is 12.5 Å². The summed E-state index contributed by atoms with van der Waals surface area (Å²) in [5, 5.41) is 18.1. The Bertz CT molecular complexity index is 427. The molecule has 15 heavy (non-hydrogen) atoms. The Morgan fingerprint density at radius 3 is 2.40 bits per heavy atom. The molecule has 0 saturated carbocycles. The zero-order chi connectivity index (χ0) is 11.5. The van der Waals surface area contributed by atoms with E-state index in [9.17, 15) is 8.42 Å². The van der Waals surface area contributed by atoms with E-state index in [-0.39, 0.29) is 16.1 Å². The maximum absolute atomic E-state index is 11.7. The van der Waals surface area contributed by atoms with Crippen LogP contribution >= 0.6 is 0 Å². The number of benzene rings is 1. The van der Waals surface area contributed by atoms with Crippen LogP contribution in [0, 0.1) is 0 Å². The van der Waals surface area contributed by atoms with Crippen molar-refractivity contribution < 1.29 is 18.5 Å². The van der Waals surface area contributed by atoms with E-state index < -0.39 is 17.0 Å². The van der Waals surface area contributed by atoms with Crippen molar-refractivity contribution >= 4 is 22.4 Å². The van der Waals surface area contributed by atoms with E-state index in [0.29, 0.717) is 6.42 Å². The smallest absolute Gasteiger partial charge is 0.423 e. The lowest BCUT2D eigenvalue weighted by molar-refractivity contribution is 0.424. The van der Waals surface area contributed by atoms with Gasteiger partial charge in [0.2, 0.25) is 0 Å². The second kappa shape index (κ2) is 4.78. The van der Waals surface area contributed by atoms with Crippen LogP contribution in [0.5, 0.6) is 0 Å². The molecule has 0 bridgehead atoms. The molecule has 0 unspecified atom stereocenters. The molecular weight excluding hydrogens is 215 g/mol. The lowest BCUT2D eigenvalue weighted by atomic mass is 9.80. The highest BCUT2D eigenvalue weighted by Gasteiger charge is 2.23. The summed E-state index contributed by atoms with van der Waals surface area (Å²) in [5.41, 5.74) is 0.0333. The Labute approximate surface area is 89.6 Å². The summed E-state index contributed by atoms with van der Waals surface area (Å²) in [6.45, 7) is 1.76. The molecule has 82 valence electrons. The lowest BCUT2D eigenvalue weighted by Gasteiger charge is -2.08. The van der Waals surface area contributed by atoms with Crippen LogP contribution in [0.1, 0.15) is 13.3 Å². The highest BCUT2D eigenvalue weighted by molar-refractivity contribution is 7.91. The monoisotopic (exact) mass is 228 g/mol. The van der Waals surface area contributed by atoms with E-state index in [0.717, 1.165) is 0 Å². The first kappa shape index (κ1) is 12.2. The van der Waals surface area contributed by atoms with Crippen molar-refractivity contribution in [1.29, 1.82) is 0 Å². The fourth-order valence-electron chi connectivity index (χ4n) is 1.36. The Kier molecular flexibility index (Phi) is 3.90. The van der Waals surface area contributed by atoms with Gasteiger partial charge in [-0.25, -0.2) is 8.42 Å². The fourth-order valence-corrected chi connectivity index (χ4v) is 2.93. The maximum Gasteiger partial charge on any atom is 0.489 e. The molecule has 0 aromatic heterocycles. The molecule has 0 saturated heterocycles. The van der Waals surface area contributed by atoms with Gasteiger partial charge in [-0.15, -0.1) is 0 Å². The van der Waals surface area contributed by atoms with Crippen molar-refractivity contribution in [2.24, 2.45) is 0 Å². The fraction of sp³-hybridized carbons (Fsp3) is 0.333. The Hall–Kier alpha value is -0.845. The van der Waals surface area contributed by atoms with Gasteiger partial charge in [-0.2, -0.15) is 0 Å². The standard InChI is InChI=1S/C9H13BO4S/c1-2-7-15(13,14)9-6-4-3-5-8(9)10(11)12/h3-6,11-12H,2,7H2,1H3. The third-order valence-corrected chi connectivity index (χ3v) is 3.99. The minimum Gasteiger partial charge on any atom is -0.423 e. The van der Waals surface area contributed by atoms with Crippen molar-refractivity contribution in [3.8, 4) is 0 Å². The zero-order valence-electron chi connectivity index (χ0n) is 8.42. The Morgan fingerprint density at radius 1 is 1.27 bits per heavy atom. The van der Waals surface area contributed by atoms with Crippen LogP contribution in [0.4, 0.5) is 0 Å². The molecule has 0 fully saturated rings. The van der Waals surface area contributed by atoms with Crippen LogP contribution < -0.4 is 5.46 Å². The number of rotatable bonds is 4. The van der Waals surface area contributed by atoms with Crippen LogP contribution in [0.3, 0.4) is 0 Å². The van der Waals surface area contributed by atoms with Gasteiger partial charge >= 0.3 is 7.12 Å². The molecule has 0 radical (unpaired) electrons. The first-order valence-corrected chi connectivity index (χ1v) is 6.32. The van der Waals surface area contributed by atoms with Crippen LogP contribution in [-0.2, 0) is 9.84 Å². The summed E-state index contributed by atoms with van der Waals surface area (Å²) >= 11 is 0. The van der Waals surface area contributed by atoms with E-state index in [1.165, 1.54) is 12.1 Å². The van der Waals surface area contributed by atoms with Gasteiger partial charge in [-0.1, -0.05) is 25.1 Å². The average molecular weight is 228 g/mol. The van der Waals surface area contributed by atoms with Gasteiger partial charge in [0.15, 0.2) is 9.84 Å². The van der Waals surface area contributed by atoms with Crippen molar-refractivity contribution in [2.75, 3.05) is 5.75 Å². The third kappa shape index (κ3) is 2.81. The molecule has 4 nitrogen and oxygen atoms in total. The molecular formula is C9H13BO4S. The van der Waals surface area contributed by atoms with Gasteiger partial charge < -0.3 is 10.0 Å². The summed E-state index contributed by atoms with van der Waals surface area (Å²) < 4.78 is 23.5. The van der Waals surface area contributed by atoms with Gasteiger partial charge in [-0.3, -0.25) is 0 Å². The molecule has 0 spiro atoms. The Morgan fingerprint density at radius 2 is 1.87 bits per heavy atom. The van der Waals surface area contributed by atoms with Crippen molar-refractivity contribution in [3.63, 3.8) is 0 Å². The quantitative estimate of drug-likeness (QED) is 0.684. The SMILES string of the molecule is CCCS(=O)(=O)c1ccccc1B(O)O. The number of hydrogen-bond acceptors (Lipinski definition) is 4. The van der Waals surface area contributed by atoms with E-state index in [2.05, 4.69) is 0 Å². The highest BCUT2D eigenvalue weighted by atomic mass is 32.2. The van der Waals surface area contributed by atoms with E-state index in [4.69, 9.17) is 10.0 Å². The molecule has 0 aliphatic heterocycles. The number of sulfone groups is 1. The minimum atomic E-state index is -3.41. The predicted molar refractivity (Wildman–Crippen MR) is 58.6 cm³/mol. The Balaban J connectivity index is 3.25. The molecule has 1 rings (SSSR count). The maximum atomic E-state index is 11.7. The molecule has 0 aliphatic carbocycles. The summed E-state index contributed by atoms with van der Waals surface area (Å²) in [6.07, 6.45) is 0.498. The summed E-state index contributed by atoms with van der Waals surface area (Å²) in [4.78, 5) is 0.00171. The van der Waals surface area contributed by atoms with Crippen molar-refractivity contribution in [2.45, 2.75) is 18.2 Å². The summed E-state index contributed by atoms with van der Waals surface area (Å²) in [5.74, 6) is 0.0106. The molecule has 0 heterocycles. The number of hydrogen-bond donors (Lipinski definition) is 2. The first-order chi connectivity index (χ1) is 6.99. The lowest BCUT2D eigenvalue weighted by Crippen LogP contribution is -2.34. The largest absolute Gasteiger partial charge is 0.489 e. The molecule has 0 atom stereocenters. The molecule has 2 N–H and O–H groups in total. The van der Waals surface area contributed by atoms with E-state index in [1.807, 2.05) is 0 Å². The molecule has 0 aliphatic rings. The van der Waals surface area contributed by atoms with Gasteiger partial charge in [0.25, 0.3) is 0 Å². The van der Waals surface area contributed by atoms with Crippen LogP contribution in [0.2, 0.25) is 0 Å². The molecule has 1 aromatic carbocycles. The zero-order valence-corrected chi connectivity index (χ0v) is 9.24. The van der Waals surface area contributed by atoms with E-state index >= 15 is 0 Å².